The largest absolute Gasteiger partial charge is 0.443 e. The van der Waals surface area contributed by atoms with Crippen LogP contribution in [0.25, 0.3) is 10.9 Å². The fourth-order valence-electron chi connectivity index (χ4n) is 4.72. The van der Waals surface area contributed by atoms with E-state index in [1.54, 1.807) is 11.0 Å². The molecule has 2 aliphatic rings. The first-order chi connectivity index (χ1) is 16.7. The summed E-state index contributed by atoms with van der Waals surface area (Å²) in [5.41, 5.74) is 3.83. The van der Waals surface area contributed by atoms with E-state index in [0.29, 0.717) is 36.6 Å². The zero-order valence-corrected chi connectivity index (χ0v) is 20.3. The molecule has 0 unspecified atom stereocenters. The molecule has 8 nitrogen and oxygen atoms in total. The second-order valence-electron chi connectivity index (χ2n) is 10.1. The van der Waals surface area contributed by atoms with E-state index in [9.17, 15) is 14.4 Å². The van der Waals surface area contributed by atoms with Gasteiger partial charge in [0, 0.05) is 41.8 Å². The number of amides is 3. The van der Waals surface area contributed by atoms with Crippen molar-refractivity contribution in [3.8, 4) is 0 Å². The maximum Gasteiger partial charge on any atom is 0.414 e. The van der Waals surface area contributed by atoms with Crippen LogP contribution in [-0.2, 0) is 17.7 Å². The Kier molecular flexibility index (Phi) is 5.75. The molecule has 3 amide bonds. The molecule has 0 bridgehead atoms. The van der Waals surface area contributed by atoms with Gasteiger partial charge in [-0.15, -0.1) is 0 Å². The first-order valence-electron chi connectivity index (χ1n) is 12.1. The van der Waals surface area contributed by atoms with Crippen molar-refractivity contribution in [3.05, 3.63) is 59.3 Å². The molecule has 0 atom stereocenters. The van der Waals surface area contributed by atoms with Gasteiger partial charge in [0.25, 0.3) is 11.8 Å². The van der Waals surface area contributed by atoms with E-state index in [1.165, 1.54) is 0 Å². The highest BCUT2D eigenvalue weighted by Crippen LogP contribution is 2.31. The Morgan fingerprint density at radius 3 is 2.66 bits per heavy atom. The fraction of sp³-hybridized carbons (Fsp3) is 0.370. The van der Waals surface area contributed by atoms with Crippen LogP contribution in [0.5, 0.6) is 0 Å². The number of fused-ring (bicyclic) bond motifs is 4. The van der Waals surface area contributed by atoms with Gasteiger partial charge in [-0.05, 0) is 75.9 Å². The monoisotopic (exact) mass is 474 g/mol. The van der Waals surface area contributed by atoms with Gasteiger partial charge in [0.05, 0.1) is 5.69 Å². The van der Waals surface area contributed by atoms with Gasteiger partial charge in [0.2, 0.25) is 0 Å². The number of nitrogens with one attached hydrogen (secondary N) is 2. The lowest BCUT2D eigenvalue weighted by Crippen LogP contribution is -2.37. The Bertz CT molecular complexity index is 1330. The molecule has 2 aliphatic heterocycles. The minimum atomic E-state index is -0.591. The summed E-state index contributed by atoms with van der Waals surface area (Å²) in [6, 6.07) is 13.0. The molecule has 35 heavy (non-hydrogen) atoms. The highest BCUT2D eigenvalue weighted by molar-refractivity contribution is 6.07. The zero-order valence-electron chi connectivity index (χ0n) is 20.3. The molecule has 5 rings (SSSR count). The van der Waals surface area contributed by atoms with Crippen molar-refractivity contribution in [3.63, 3.8) is 0 Å². The standard InChI is InChI=1S/C27H30N4O4/c1-27(2,3)35-26(34)31-12-5-4-6-17-9-10-20(16-22(17)31)29-24(32)19-8-7-18-14-23-25(33)28-11-13-30(23)21(18)15-19/h7-10,14-16H,4-6,11-13H2,1-3H3,(H,28,33)(H,29,32). The number of benzene rings is 2. The molecule has 8 heteroatoms. The molecule has 0 saturated carbocycles. The number of rotatable bonds is 2. The van der Waals surface area contributed by atoms with Crippen molar-refractivity contribution in [2.45, 2.75) is 52.2 Å². The average molecular weight is 475 g/mol. The summed E-state index contributed by atoms with van der Waals surface area (Å²) in [6.07, 6.45) is 2.36. The molecular formula is C27H30N4O4. The third-order valence-corrected chi connectivity index (χ3v) is 6.35. The maximum absolute atomic E-state index is 13.1. The quantitative estimate of drug-likeness (QED) is 0.562. The van der Waals surface area contributed by atoms with Crippen LogP contribution in [0.15, 0.2) is 42.5 Å². The van der Waals surface area contributed by atoms with Crippen molar-refractivity contribution in [1.29, 1.82) is 0 Å². The van der Waals surface area contributed by atoms with Gasteiger partial charge < -0.3 is 19.9 Å². The predicted molar refractivity (Wildman–Crippen MR) is 135 cm³/mol. The molecule has 0 radical (unpaired) electrons. The van der Waals surface area contributed by atoms with Crippen molar-refractivity contribution in [1.82, 2.24) is 9.88 Å². The van der Waals surface area contributed by atoms with E-state index >= 15 is 0 Å². The van der Waals surface area contributed by atoms with E-state index in [1.807, 2.05) is 61.7 Å². The van der Waals surface area contributed by atoms with Crippen molar-refractivity contribution < 1.29 is 19.1 Å². The maximum atomic E-state index is 13.1. The number of carbonyl (C=O) groups excluding carboxylic acids is 3. The van der Waals surface area contributed by atoms with E-state index in [-0.39, 0.29) is 17.9 Å². The van der Waals surface area contributed by atoms with Crippen molar-refractivity contribution >= 4 is 40.2 Å². The van der Waals surface area contributed by atoms with Gasteiger partial charge in [0.15, 0.2) is 0 Å². The number of aromatic nitrogens is 1. The van der Waals surface area contributed by atoms with Crippen LogP contribution in [0.3, 0.4) is 0 Å². The summed E-state index contributed by atoms with van der Waals surface area (Å²) in [4.78, 5) is 39.9. The third-order valence-electron chi connectivity index (χ3n) is 6.35. The Morgan fingerprint density at radius 1 is 1.03 bits per heavy atom. The van der Waals surface area contributed by atoms with E-state index in [0.717, 1.165) is 41.4 Å². The topological polar surface area (TPSA) is 92.7 Å². The summed E-state index contributed by atoms with van der Waals surface area (Å²) < 4.78 is 7.59. The average Bonchev–Trinajstić information content (AvgIpc) is 3.04. The molecule has 1 aromatic heterocycles. The van der Waals surface area contributed by atoms with Crippen LogP contribution < -0.4 is 15.5 Å². The second-order valence-corrected chi connectivity index (χ2v) is 10.1. The zero-order chi connectivity index (χ0) is 24.7. The van der Waals surface area contributed by atoms with Gasteiger partial charge in [-0.2, -0.15) is 0 Å². The molecule has 0 aliphatic carbocycles. The summed E-state index contributed by atoms with van der Waals surface area (Å²) in [5.74, 6) is -0.349. The number of nitrogens with zero attached hydrogens (tertiary/aromatic N) is 2. The summed E-state index contributed by atoms with van der Waals surface area (Å²) in [7, 11) is 0. The molecular weight excluding hydrogens is 444 g/mol. The smallest absolute Gasteiger partial charge is 0.414 e. The number of carbonyl (C=O) groups is 3. The van der Waals surface area contributed by atoms with Crippen LogP contribution in [0, 0.1) is 0 Å². The minimum absolute atomic E-state index is 0.0991. The molecule has 3 aromatic rings. The number of anilines is 2. The van der Waals surface area contributed by atoms with Gasteiger partial charge in [0.1, 0.15) is 11.3 Å². The van der Waals surface area contributed by atoms with Crippen LogP contribution >= 0.6 is 0 Å². The Labute approximate surface area is 204 Å². The number of hydrogen-bond donors (Lipinski definition) is 2. The first-order valence-corrected chi connectivity index (χ1v) is 12.1. The molecule has 2 N–H and O–H groups in total. The Morgan fingerprint density at radius 2 is 1.86 bits per heavy atom. The van der Waals surface area contributed by atoms with E-state index in [2.05, 4.69) is 10.6 Å². The van der Waals surface area contributed by atoms with Crippen LogP contribution in [0.2, 0.25) is 0 Å². The summed E-state index contributed by atoms with van der Waals surface area (Å²) in [6.45, 7) is 7.36. The molecule has 0 spiro atoms. The normalized spacial score (nSPS) is 15.6. The summed E-state index contributed by atoms with van der Waals surface area (Å²) >= 11 is 0. The summed E-state index contributed by atoms with van der Waals surface area (Å²) in [5, 5.41) is 6.75. The first kappa shape index (κ1) is 23.0. The molecule has 3 heterocycles. The lowest BCUT2D eigenvalue weighted by molar-refractivity contribution is 0.0580. The third kappa shape index (κ3) is 4.60. The number of hydrogen-bond acceptors (Lipinski definition) is 4. The molecule has 0 saturated heterocycles. The molecule has 182 valence electrons. The van der Waals surface area contributed by atoms with Crippen molar-refractivity contribution in [2.75, 3.05) is 23.3 Å². The van der Waals surface area contributed by atoms with Crippen molar-refractivity contribution in [2.24, 2.45) is 0 Å². The SMILES string of the molecule is CC(C)(C)OC(=O)N1CCCCc2ccc(NC(=O)c3ccc4cc5n(c4c3)CCNC5=O)cc21. The lowest BCUT2D eigenvalue weighted by Gasteiger charge is -2.28. The molecule has 0 fully saturated rings. The van der Waals surface area contributed by atoms with E-state index < -0.39 is 5.60 Å². The lowest BCUT2D eigenvalue weighted by atomic mass is 10.1. The predicted octanol–water partition coefficient (Wildman–Crippen LogP) is 4.71. The van der Waals surface area contributed by atoms with Crippen LogP contribution in [-0.4, -0.2) is 41.2 Å². The van der Waals surface area contributed by atoms with Crippen LogP contribution in [0.1, 0.15) is 60.0 Å². The highest BCUT2D eigenvalue weighted by atomic mass is 16.6. The second kappa shape index (κ2) is 8.76. The van der Waals surface area contributed by atoms with Gasteiger partial charge in [-0.25, -0.2) is 4.79 Å². The molecule has 2 aromatic carbocycles. The number of aryl methyl sites for hydroxylation is 1. The van der Waals surface area contributed by atoms with Gasteiger partial charge >= 0.3 is 6.09 Å². The Balaban J connectivity index is 1.42. The van der Waals surface area contributed by atoms with Gasteiger partial charge in [-0.1, -0.05) is 12.1 Å². The van der Waals surface area contributed by atoms with Gasteiger partial charge in [-0.3, -0.25) is 14.5 Å². The Hall–Kier alpha value is -3.81. The fourth-order valence-corrected chi connectivity index (χ4v) is 4.72. The number of ether oxygens (including phenoxy) is 1. The highest BCUT2D eigenvalue weighted by Gasteiger charge is 2.27. The minimum Gasteiger partial charge on any atom is -0.443 e. The van der Waals surface area contributed by atoms with E-state index in [4.69, 9.17) is 4.74 Å². The van der Waals surface area contributed by atoms with Crippen LogP contribution in [0.4, 0.5) is 16.2 Å².